The highest BCUT2D eigenvalue weighted by atomic mass is 16.4. The summed E-state index contributed by atoms with van der Waals surface area (Å²) in [6, 6.07) is -4.73. The number of guanidine groups is 1. The average molecular weight is 524 g/mol. The number of nitrogens with two attached hydrogens (primary N) is 3. The molecule has 1 aliphatic rings. The van der Waals surface area contributed by atoms with Crippen molar-refractivity contribution >= 4 is 35.6 Å². The van der Waals surface area contributed by atoms with E-state index in [1.807, 2.05) is 0 Å². The SMILES string of the molecule is NC(N)=NCCCC(NC(=O)C1CCCN1C(=O)C(Cc1cnc[nH]1)NC(=O)C(N)CC(=O)O)C(=O)O. The highest BCUT2D eigenvalue weighted by molar-refractivity contribution is 5.95. The van der Waals surface area contributed by atoms with Crippen LogP contribution in [0, 0.1) is 0 Å². The van der Waals surface area contributed by atoms with Crippen LogP contribution in [0.3, 0.4) is 0 Å². The molecule has 0 bridgehead atoms. The number of carbonyl (C=O) groups is 5. The topological polar surface area (TPSA) is 272 Å². The lowest BCUT2D eigenvalue weighted by atomic mass is 10.1. The Balaban J connectivity index is 2.12. The molecule has 4 atom stereocenters. The Hall–Kier alpha value is -4.21. The summed E-state index contributed by atoms with van der Waals surface area (Å²) in [7, 11) is 0. The Morgan fingerprint density at radius 3 is 2.51 bits per heavy atom. The van der Waals surface area contributed by atoms with E-state index >= 15 is 0 Å². The van der Waals surface area contributed by atoms with Crippen LogP contribution in [0.2, 0.25) is 0 Å². The first-order valence-corrected chi connectivity index (χ1v) is 11.6. The first-order valence-electron chi connectivity index (χ1n) is 11.6. The van der Waals surface area contributed by atoms with E-state index in [9.17, 15) is 29.1 Å². The number of nitrogens with one attached hydrogen (secondary N) is 3. The maximum Gasteiger partial charge on any atom is 0.326 e. The van der Waals surface area contributed by atoms with Gasteiger partial charge in [-0.15, -0.1) is 0 Å². The molecule has 1 fully saturated rings. The number of carboxylic acids is 2. The molecule has 1 aliphatic heterocycles. The smallest absolute Gasteiger partial charge is 0.326 e. The average Bonchev–Trinajstić information content (AvgIpc) is 3.51. The molecule has 1 aromatic heterocycles. The molecule has 1 saturated heterocycles. The molecule has 0 radical (unpaired) electrons. The van der Waals surface area contributed by atoms with Gasteiger partial charge in [0.05, 0.1) is 18.8 Å². The number of aromatic amines is 1. The lowest BCUT2D eigenvalue weighted by Crippen LogP contribution is -2.57. The Bertz CT molecular complexity index is 995. The summed E-state index contributed by atoms with van der Waals surface area (Å²) in [4.78, 5) is 73.2. The summed E-state index contributed by atoms with van der Waals surface area (Å²) in [5.41, 5.74) is 16.7. The van der Waals surface area contributed by atoms with Crippen molar-refractivity contribution in [1.29, 1.82) is 0 Å². The lowest BCUT2D eigenvalue weighted by molar-refractivity contribution is -0.145. The van der Waals surface area contributed by atoms with Gasteiger partial charge in [-0.05, 0) is 25.7 Å². The summed E-state index contributed by atoms with van der Waals surface area (Å²) in [6.45, 7) is 0.394. The van der Waals surface area contributed by atoms with E-state index < -0.39 is 60.2 Å². The Labute approximate surface area is 212 Å². The van der Waals surface area contributed by atoms with Crippen LogP contribution in [0.4, 0.5) is 0 Å². The molecule has 0 aromatic carbocycles. The van der Waals surface area contributed by atoms with E-state index in [4.69, 9.17) is 22.3 Å². The third kappa shape index (κ3) is 9.06. The zero-order valence-corrected chi connectivity index (χ0v) is 20.1. The van der Waals surface area contributed by atoms with Gasteiger partial charge >= 0.3 is 11.9 Å². The molecule has 11 N–H and O–H groups in total. The fourth-order valence-electron chi connectivity index (χ4n) is 3.91. The quantitative estimate of drug-likeness (QED) is 0.0685. The predicted octanol–water partition coefficient (Wildman–Crippen LogP) is -3.15. The van der Waals surface area contributed by atoms with E-state index in [0.717, 1.165) is 0 Å². The monoisotopic (exact) mass is 523 g/mol. The number of carbonyl (C=O) groups excluding carboxylic acids is 3. The highest BCUT2D eigenvalue weighted by Crippen LogP contribution is 2.20. The van der Waals surface area contributed by atoms with Crippen LogP contribution in [0.15, 0.2) is 17.5 Å². The molecule has 0 spiro atoms. The maximum absolute atomic E-state index is 13.4. The van der Waals surface area contributed by atoms with Gasteiger partial charge in [0.25, 0.3) is 0 Å². The third-order valence-corrected chi connectivity index (χ3v) is 5.72. The molecule has 16 heteroatoms. The Morgan fingerprint density at radius 1 is 1.19 bits per heavy atom. The second-order valence-electron chi connectivity index (χ2n) is 8.58. The van der Waals surface area contributed by atoms with Crippen molar-refractivity contribution in [3.63, 3.8) is 0 Å². The zero-order chi connectivity index (χ0) is 27.5. The number of aliphatic imine (C=N–C) groups is 1. The summed E-state index contributed by atoms with van der Waals surface area (Å²) in [5.74, 6) is -4.73. The van der Waals surface area contributed by atoms with Gasteiger partial charge in [-0.25, -0.2) is 9.78 Å². The summed E-state index contributed by atoms with van der Waals surface area (Å²) >= 11 is 0. The maximum atomic E-state index is 13.4. The number of hydrogen-bond donors (Lipinski definition) is 8. The largest absolute Gasteiger partial charge is 0.481 e. The molecule has 204 valence electrons. The summed E-state index contributed by atoms with van der Waals surface area (Å²) in [5, 5.41) is 23.3. The molecule has 0 saturated carbocycles. The molecule has 16 nitrogen and oxygen atoms in total. The van der Waals surface area contributed by atoms with Gasteiger partial charge in [-0.3, -0.25) is 24.2 Å². The lowest BCUT2D eigenvalue weighted by Gasteiger charge is -2.29. The number of imidazole rings is 1. The number of amides is 3. The molecule has 0 aliphatic carbocycles. The first-order chi connectivity index (χ1) is 17.5. The van der Waals surface area contributed by atoms with Crippen LogP contribution in [-0.4, -0.2) is 98.0 Å². The van der Waals surface area contributed by atoms with Crippen LogP contribution >= 0.6 is 0 Å². The molecule has 4 unspecified atom stereocenters. The van der Waals surface area contributed by atoms with Crippen molar-refractivity contribution in [3.05, 3.63) is 18.2 Å². The van der Waals surface area contributed by atoms with Crippen LogP contribution in [0.5, 0.6) is 0 Å². The number of rotatable bonds is 14. The molecule has 2 rings (SSSR count). The van der Waals surface area contributed by atoms with Gasteiger partial charge in [0.1, 0.15) is 18.1 Å². The van der Waals surface area contributed by atoms with Gasteiger partial charge < -0.3 is 47.9 Å². The third-order valence-electron chi connectivity index (χ3n) is 5.72. The fourth-order valence-corrected chi connectivity index (χ4v) is 3.91. The van der Waals surface area contributed by atoms with E-state index in [0.29, 0.717) is 25.0 Å². The molecule has 37 heavy (non-hydrogen) atoms. The van der Waals surface area contributed by atoms with Crippen LogP contribution in [0.1, 0.15) is 37.8 Å². The molecule has 3 amide bonds. The van der Waals surface area contributed by atoms with Crippen LogP contribution in [-0.2, 0) is 30.4 Å². The van der Waals surface area contributed by atoms with Crippen LogP contribution in [0.25, 0.3) is 0 Å². The highest BCUT2D eigenvalue weighted by Gasteiger charge is 2.39. The summed E-state index contributed by atoms with van der Waals surface area (Å²) < 4.78 is 0. The Morgan fingerprint density at radius 2 is 1.92 bits per heavy atom. The number of H-pyrrole nitrogens is 1. The standard InChI is InChI=1S/C21H33N9O7/c22-12(8-16(31)32)17(33)29-14(7-11-9-25-10-27-11)19(35)30-6-2-4-15(30)18(34)28-13(20(36)37)3-1-5-26-21(23)24/h9-10,12-15H,1-8,22H2,(H,25,27)(H,28,34)(H,29,33)(H,31,32)(H,36,37)(H4,23,24,26). The van der Waals surface area contributed by atoms with Gasteiger partial charge in [0, 0.05) is 31.4 Å². The number of aromatic nitrogens is 2. The van der Waals surface area contributed by atoms with E-state index in [-0.39, 0.29) is 31.9 Å². The fraction of sp³-hybridized carbons (Fsp3) is 0.571. The first kappa shape index (κ1) is 29.0. The number of likely N-dealkylation sites (tertiary alicyclic amines) is 1. The number of carboxylic acid groups (broad SMARTS) is 2. The van der Waals surface area contributed by atoms with Gasteiger partial charge in [-0.2, -0.15) is 0 Å². The minimum Gasteiger partial charge on any atom is -0.481 e. The normalized spacial score (nSPS) is 17.3. The number of hydrogen-bond acceptors (Lipinski definition) is 8. The molecule has 1 aromatic rings. The summed E-state index contributed by atoms with van der Waals surface area (Å²) in [6.07, 6.45) is 3.34. The van der Waals surface area contributed by atoms with Crippen molar-refractivity contribution in [3.8, 4) is 0 Å². The van der Waals surface area contributed by atoms with Crippen molar-refractivity contribution < 1.29 is 34.2 Å². The van der Waals surface area contributed by atoms with Crippen molar-refractivity contribution in [1.82, 2.24) is 25.5 Å². The Kier molecular flexibility index (Phi) is 10.8. The number of nitrogens with zero attached hydrogens (tertiary/aromatic N) is 3. The van der Waals surface area contributed by atoms with Crippen molar-refractivity contribution in [2.75, 3.05) is 13.1 Å². The van der Waals surface area contributed by atoms with Gasteiger partial charge in [0.2, 0.25) is 17.7 Å². The molecular weight excluding hydrogens is 490 g/mol. The second-order valence-corrected chi connectivity index (χ2v) is 8.58. The second kappa shape index (κ2) is 13.8. The van der Waals surface area contributed by atoms with E-state index in [2.05, 4.69) is 25.6 Å². The van der Waals surface area contributed by atoms with E-state index in [1.54, 1.807) is 0 Å². The minimum atomic E-state index is -1.39. The molecule has 2 heterocycles. The van der Waals surface area contributed by atoms with Crippen molar-refractivity contribution in [2.45, 2.75) is 62.7 Å². The van der Waals surface area contributed by atoms with Gasteiger partial charge in [-0.1, -0.05) is 0 Å². The van der Waals surface area contributed by atoms with Crippen molar-refractivity contribution in [2.24, 2.45) is 22.2 Å². The molecular formula is C21H33N9O7. The van der Waals surface area contributed by atoms with E-state index in [1.165, 1.54) is 17.4 Å². The minimum absolute atomic E-state index is 0.0161. The number of aliphatic carboxylic acids is 2. The predicted molar refractivity (Wildman–Crippen MR) is 129 cm³/mol. The van der Waals surface area contributed by atoms with Crippen LogP contribution < -0.4 is 27.8 Å². The zero-order valence-electron chi connectivity index (χ0n) is 20.1. The van der Waals surface area contributed by atoms with Gasteiger partial charge in [0.15, 0.2) is 5.96 Å².